The number of aliphatic carboxylic acids is 1. The molecule has 6 nitrogen and oxygen atoms in total. The van der Waals surface area contributed by atoms with Crippen molar-refractivity contribution in [3.8, 4) is 0 Å². The average Bonchev–Trinajstić information content (AvgIpc) is 2.62. The van der Waals surface area contributed by atoms with Gasteiger partial charge in [-0.1, -0.05) is 38.1 Å². The molecule has 0 heterocycles. The zero-order valence-electron chi connectivity index (χ0n) is 15.7. The van der Waals surface area contributed by atoms with Gasteiger partial charge >= 0.3 is 5.97 Å². The smallest absolute Gasteiger partial charge is 0.307 e. The van der Waals surface area contributed by atoms with Crippen molar-refractivity contribution in [3.05, 3.63) is 65.2 Å². The molecule has 2 N–H and O–H groups in total. The molecule has 0 unspecified atom stereocenters. The van der Waals surface area contributed by atoms with Crippen molar-refractivity contribution in [2.45, 2.75) is 26.8 Å². The van der Waals surface area contributed by atoms with Gasteiger partial charge in [-0.25, -0.2) is 0 Å². The van der Waals surface area contributed by atoms with Gasteiger partial charge in [-0.15, -0.1) is 0 Å². The van der Waals surface area contributed by atoms with E-state index in [0.29, 0.717) is 23.4 Å². The van der Waals surface area contributed by atoms with Gasteiger partial charge in [0.15, 0.2) is 0 Å². The minimum Gasteiger partial charge on any atom is -0.481 e. The zero-order valence-corrected chi connectivity index (χ0v) is 15.7. The fourth-order valence-corrected chi connectivity index (χ4v) is 2.64. The van der Waals surface area contributed by atoms with Crippen LogP contribution in [0.15, 0.2) is 48.5 Å². The van der Waals surface area contributed by atoms with Crippen molar-refractivity contribution < 1.29 is 19.5 Å². The van der Waals surface area contributed by atoms with Crippen molar-refractivity contribution in [2.75, 3.05) is 12.4 Å². The molecule has 2 amide bonds. The van der Waals surface area contributed by atoms with Crippen LogP contribution in [0.2, 0.25) is 0 Å². The molecule has 0 radical (unpaired) electrons. The summed E-state index contributed by atoms with van der Waals surface area (Å²) in [6, 6.07) is 13.8. The van der Waals surface area contributed by atoms with Gasteiger partial charge in [-0.05, 0) is 35.4 Å². The van der Waals surface area contributed by atoms with Crippen LogP contribution in [0.5, 0.6) is 0 Å². The van der Waals surface area contributed by atoms with Gasteiger partial charge in [-0.2, -0.15) is 0 Å². The minimum absolute atomic E-state index is 0.0521. The molecule has 2 aromatic rings. The Labute approximate surface area is 158 Å². The minimum atomic E-state index is -0.896. The molecule has 27 heavy (non-hydrogen) atoms. The number of carbonyl (C=O) groups excluding carboxylic acids is 2. The molecule has 0 saturated carbocycles. The number of hydrogen-bond donors (Lipinski definition) is 2. The molecule has 0 saturated heterocycles. The van der Waals surface area contributed by atoms with Gasteiger partial charge in [-0.3, -0.25) is 14.4 Å². The molecule has 142 valence electrons. The number of anilines is 1. The molecule has 0 aliphatic heterocycles. The molecule has 0 bridgehead atoms. The molecule has 0 atom stereocenters. The average molecular weight is 368 g/mol. The quantitative estimate of drug-likeness (QED) is 0.786. The van der Waals surface area contributed by atoms with Gasteiger partial charge in [0, 0.05) is 30.8 Å². The molecule has 0 fully saturated rings. The first-order valence-electron chi connectivity index (χ1n) is 8.72. The maximum Gasteiger partial charge on any atom is 0.307 e. The summed E-state index contributed by atoms with van der Waals surface area (Å²) >= 11 is 0. The lowest BCUT2D eigenvalue weighted by molar-refractivity contribution is -0.136. The summed E-state index contributed by atoms with van der Waals surface area (Å²) in [5, 5.41) is 11.6. The summed E-state index contributed by atoms with van der Waals surface area (Å²) < 4.78 is 0. The molecule has 2 rings (SSSR count). The van der Waals surface area contributed by atoms with E-state index in [2.05, 4.69) is 5.32 Å². The summed E-state index contributed by atoms with van der Waals surface area (Å²) in [5.74, 6) is -1.13. The van der Waals surface area contributed by atoms with E-state index in [1.165, 1.54) is 0 Å². The van der Waals surface area contributed by atoms with Crippen molar-refractivity contribution >= 4 is 23.5 Å². The third-order valence-electron chi connectivity index (χ3n) is 4.07. The van der Waals surface area contributed by atoms with Gasteiger partial charge in [0.2, 0.25) is 5.91 Å². The van der Waals surface area contributed by atoms with E-state index >= 15 is 0 Å². The number of carboxylic acid groups (broad SMARTS) is 1. The molecule has 6 heteroatoms. The van der Waals surface area contributed by atoms with Crippen LogP contribution in [0.4, 0.5) is 5.69 Å². The van der Waals surface area contributed by atoms with Crippen LogP contribution >= 0.6 is 0 Å². The summed E-state index contributed by atoms with van der Waals surface area (Å²) in [6.45, 7) is 4.21. The number of nitrogens with zero attached hydrogens (tertiary/aromatic N) is 1. The first-order valence-corrected chi connectivity index (χ1v) is 8.72. The maximum atomic E-state index is 12.3. The largest absolute Gasteiger partial charge is 0.481 e. The Morgan fingerprint density at radius 3 is 2.04 bits per heavy atom. The molecule has 0 aliphatic carbocycles. The van der Waals surface area contributed by atoms with Crippen LogP contribution in [0.3, 0.4) is 0 Å². The molecular weight excluding hydrogens is 344 g/mol. The van der Waals surface area contributed by atoms with E-state index in [4.69, 9.17) is 5.11 Å². The Morgan fingerprint density at radius 1 is 0.963 bits per heavy atom. The lowest BCUT2D eigenvalue weighted by atomic mass is 10.1. The SMILES string of the molecule is CC(C)C(=O)N(C)Cc1ccc(C(=O)Nc2ccc(CC(=O)O)cc2)cc1. The van der Waals surface area contributed by atoms with E-state index in [-0.39, 0.29) is 24.2 Å². The van der Waals surface area contributed by atoms with Crippen LogP contribution in [0.1, 0.15) is 35.3 Å². The fourth-order valence-electron chi connectivity index (χ4n) is 2.64. The van der Waals surface area contributed by atoms with Gasteiger partial charge in [0.1, 0.15) is 0 Å². The normalized spacial score (nSPS) is 10.5. The predicted molar refractivity (Wildman–Crippen MR) is 103 cm³/mol. The number of rotatable bonds is 7. The number of nitrogens with one attached hydrogen (secondary N) is 1. The first kappa shape index (κ1) is 20.2. The second-order valence-corrected chi connectivity index (χ2v) is 6.77. The number of hydrogen-bond acceptors (Lipinski definition) is 3. The van der Waals surface area contributed by atoms with Crippen molar-refractivity contribution in [3.63, 3.8) is 0 Å². The highest BCUT2D eigenvalue weighted by molar-refractivity contribution is 6.04. The number of amides is 2. The number of benzene rings is 2. The summed E-state index contributed by atoms with van der Waals surface area (Å²) in [7, 11) is 1.76. The van der Waals surface area contributed by atoms with Gasteiger partial charge < -0.3 is 15.3 Å². The highest BCUT2D eigenvalue weighted by Gasteiger charge is 2.13. The Bertz CT molecular complexity index is 811. The van der Waals surface area contributed by atoms with Crippen molar-refractivity contribution in [2.24, 2.45) is 5.92 Å². The Kier molecular flexibility index (Phi) is 6.71. The first-order chi connectivity index (χ1) is 12.8. The third-order valence-corrected chi connectivity index (χ3v) is 4.07. The van der Waals surface area contributed by atoms with E-state index in [1.807, 2.05) is 26.0 Å². The zero-order chi connectivity index (χ0) is 20.0. The van der Waals surface area contributed by atoms with Gasteiger partial charge in [0.25, 0.3) is 5.91 Å². The second kappa shape index (κ2) is 8.98. The second-order valence-electron chi connectivity index (χ2n) is 6.77. The highest BCUT2D eigenvalue weighted by Crippen LogP contribution is 2.14. The lowest BCUT2D eigenvalue weighted by Crippen LogP contribution is -2.29. The van der Waals surface area contributed by atoms with Crippen molar-refractivity contribution in [1.29, 1.82) is 0 Å². The Balaban J connectivity index is 1.97. The van der Waals surface area contributed by atoms with Crippen LogP contribution in [-0.2, 0) is 22.6 Å². The van der Waals surface area contributed by atoms with Crippen LogP contribution < -0.4 is 5.32 Å². The molecule has 0 aromatic heterocycles. The van der Waals surface area contributed by atoms with Crippen LogP contribution in [0, 0.1) is 5.92 Å². The van der Waals surface area contributed by atoms with Crippen molar-refractivity contribution in [1.82, 2.24) is 4.90 Å². The molecular formula is C21H24N2O4. The number of carbonyl (C=O) groups is 3. The Hall–Kier alpha value is -3.15. The molecule has 0 aliphatic rings. The summed E-state index contributed by atoms with van der Waals surface area (Å²) in [6.07, 6.45) is -0.0521. The van der Waals surface area contributed by atoms with E-state index in [1.54, 1.807) is 48.3 Å². The number of carboxylic acids is 1. The molecule has 2 aromatic carbocycles. The van der Waals surface area contributed by atoms with Gasteiger partial charge in [0.05, 0.1) is 6.42 Å². The third kappa shape index (κ3) is 5.95. The van der Waals surface area contributed by atoms with E-state index < -0.39 is 5.97 Å². The topological polar surface area (TPSA) is 86.7 Å². The van der Waals surface area contributed by atoms with Crippen LogP contribution in [0.25, 0.3) is 0 Å². The van der Waals surface area contributed by atoms with Crippen LogP contribution in [-0.4, -0.2) is 34.8 Å². The highest BCUT2D eigenvalue weighted by atomic mass is 16.4. The standard InChI is InChI=1S/C21H24N2O4/c1-14(2)21(27)23(3)13-16-4-8-17(9-5-16)20(26)22-18-10-6-15(7-11-18)12-19(24)25/h4-11,14H,12-13H2,1-3H3,(H,22,26)(H,24,25). The monoisotopic (exact) mass is 368 g/mol. The van der Waals surface area contributed by atoms with E-state index in [9.17, 15) is 14.4 Å². The summed E-state index contributed by atoms with van der Waals surface area (Å²) in [4.78, 5) is 36.6. The summed E-state index contributed by atoms with van der Waals surface area (Å²) in [5.41, 5.74) is 2.72. The lowest BCUT2D eigenvalue weighted by Gasteiger charge is -2.19. The molecule has 0 spiro atoms. The van der Waals surface area contributed by atoms with E-state index in [0.717, 1.165) is 5.56 Å². The predicted octanol–water partition coefficient (Wildman–Crippen LogP) is 3.18. The Morgan fingerprint density at radius 2 is 1.52 bits per heavy atom. The maximum absolute atomic E-state index is 12.3. The fraction of sp³-hybridized carbons (Fsp3) is 0.286.